The predicted molar refractivity (Wildman–Crippen MR) is 81.2 cm³/mol. The van der Waals surface area contributed by atoms with Crippen LogP contribution in [0.3, 0.4) is 0 Å². The second kappa shape index (κ2) is 7.67. The van der Waals surface area contributed by atoms with Gasteiger partial charge in [0, 0.05) is 19.6 Å². The monoisotopic (exact) mass is 275 g/mol. The summed E-state index contributed by atoms with van der Waals surface area (Å²) >= 11 is 0. The van der Waals surface area contributed by atoms with Gasteiger partial charge in [-0.25, -0.2) is 0 Å². The highest BCUT2D eigenvalue weighted by molar-refractivity contribution is 5.95. The summed E-state index contributed by atoms with van der Waals surface area (Å²) in [6.07, 6.45) is 1.73. The first-order valence-electron chi connectivity index (χ1n) is 6.84. The highest BCUT2D eigenvalue weighted by atomic mass is 16.5. The van der Waals surface area contributed by atoms with Crippen molar-refractivity contribution in [2.45, 2.75) is 0 Å². The number of hydrogen-bond acceptors (Lipinski definition) is 4. The molecule has 0 atom stereocenters. The number of carbonyl (C=O) groups excluding carboxylic acids is 1. The van der Waals surface area contributed by atoms with Crippen molar-refractivity contribution < 1.29 is 9.53 Å². The smallest absolute Gasteiger partial charge is 0.238 e. The Kier molecular flexibility index (Phi) is 5.58. The van der Waals surface area contributed by atoms with Crippen LogP contribution >= 0.6 is 0 Å². The van der Waals surface area contributed by atoms with Gasteiger partial charge in [0.2, 0.25) is 5.91 Å². The van der Waals surface area contributed by atoms with Gasteiger partial charge in [-0.1, -0.05) is 18.2 Å². The molecule has 0 aromatic heterocycles. The molecule has 5 heteroatoms. The van der Waals surface area contributed by atoms with Gasteiger partial charge in [-0.15, -0.1) is 6.58 Å². The summed E-state index contributed by atoms with van der Waals surface area (Å²) in [6, 6.07) is 7.86. The summed E-state index contributed by atoms with van der Waals surface area (Å²) in [5.74, 6) is -0.0486. The molecule has 108 valence electrons. The molecule has 0 saturated carbocycles. The maximum absolute atomic E-state index is 11.9. The molecule has 0 aliphatic carbocycles. The van der Waals surface area contributed by atoms with Gasteiger partial charge in [-0.05, 0) is 12.1 Å². The Morgan fingerprint density at radius 1 is 1.35 bits per heavy atom. The van der Waals surface area contributed by atoms with E-state index in [0.29, 0.717) is 6.54 Å². The third kappa shape index (κ3) is 4.08. The molecule has 1 aliphatic rings. The van der Waals surface area contributed by atoms with Crippen LogP contribution in [0.15, 0.2) is 36.9 Å². The highest BCUT2D eigenvalue weighted by Gasteiger charge is 2.15. The largest absolute Gasteiger partial charge is 0.378 e. The van der Waals surface area contributed by atoms with Crippen molar-refractivity contribution in [3.05, 3.63) is 36.9 Å². The Hall–Kier alpha value is -1.85. The summed E-state index contributed by atoms with van der Waals surface area (Å²) in [5, 5.41) is 5.94. The second-order valence-electron chi connectivity index (χ2n) is 4.58. The number of hydrogen-bond donors (Lipinski definition) is 2. The number of nitrogens with one attached hydrogen (secondary N) is 2. The zero-order valence-corrected chi connectivity index (χ0v) is 11.6. The van der Waals surface area contributed by atoms with E-state index in [1.807, 2.05) is 24.3 Å². The van der Waals surface area contributed by atoms with E-state index in [9.17, 15) is 4.79 Å². The standard InChI is InChI=1S/C15H21N3O2/c1-2-7-16-12-15(19)17-13-5-3-4-6-14(13)18-8-10-20-11-9-18/h2-6,16H,1,7-12H2,(H,17,19). The van der Waals surface area contributed by atoms with E-state index >= 15 is 0 Å². The van der Waals surface area contributed by atoms with Crippen LogP contribution in [0.2, 0.25) is 0 Å². The van der Waals surface area contributed by atoms with Gasteiger partial charge in [0.1, 0.15) is 0 Å². The summed E-state index contributed by atoms with van der Waals surface area (Å²) in [6.45, 7) is 7.66. The van der Waals surface area contributed by atoms with Gasteiger partial charge in [0.25, 0.3) is 0 Å². The van der Waals surface area contributed by atoms with E-state index < -0.39 is 0 Å². The fraction of sp³-hybridized carbons (Fsp3) is 0.400. The molecule has 0 bridgehead atoms. The average Bonchev–Trinajstić information content (AvgIpc) is 2.49. The van der Waals surface area contributed by atoms with Crippen LogP contribution in [0.4, 0.5) is 11.4 Å². The molecule has 0 unspecified atom stereocenters. The second-order valence-corrected chi connectivity index (χ2v) is 4.58. The minimum absolute atomic E-state index is 0.0486. The van der Waals surface area contributed by atoms with Crippen LogP contribution < -0.4 is 15.5 Å². The maximum atomic E-state index is 11.9. The van der Waals surface area contributed by atoms with Crippen molar-refractivity contribution in [3.8, 4) is 0 Å². The fourth-order valence-electron chi connectivity index (χ4n) is 2.14. The first-order chi connectivity index (χ1) is 9.81. The van der Waals surface area contributed by atoms with Crippen molar-refractivity contribution in [1.29, 1.82) is 0 Å². The van der Waals surface area contributed by atoms with Crippen LogP contribution in [0.5, 0.6) is 0 Å². The first kappa shape index (κ1) is 14.6. The van der Waals surface area contributed by atoms with Gasteiger partial charge >= 0.3 is 0 Å². The van der Waals surface area contributed by atoms with Crippen LogP contribution in [-0.2, 0) is 9.53 Å². The van der Waals surface area contributed by atoms with Crippen LogP contribution in [0.1, 0.15) is 0 Å². The molecule has 1 aromatic carbocycles. The molecular weight excluding hydrogens is 254 g/mol. The fourth-order valence-corrected chi connectivity index (χ4v) is 2.14. The van der Waals surface area contributed by atoms with E-state index in [0.717, 1.165) is 37.7 Å². The van der Waals surface area contributed by atoms with Crippen molar-refractivity contribution in [1.82, 2.24) is 5.32 Å². The summed E-state index contributed by atoms with van der Waals surface area (Å²) in [7, 11) is 0. The minimum atomic E-state index is -0.0486. The number of morpholine rings is 1. The van der Waals surface area contributed by atoms with Crippen LogP contribution in [0, 0.1) is 0 Å². The molecule has 1 heterocycles. The van der Waals surface area contributed by atoms with Gasteiger partial charge in [-0.2, -0.15) is 0 Å². The van der Waals surface area contributed by atoms with Crippen molar-refractivity contribution in [2.24, 2.45) is 0 Å². The van der Waals surface area contributed by atoms with Crippen LogP contribution in [-0.4, -0.2) is 45.3 Å². The Balaban J connectivity index is 1.99. The molecule has 1 aliphatic heterocycles. The molecule has 2 N–H and O–H groups in total. The number of ether oxygens (including phenoxy) is 1. The molecular formula is C15H21N3O2. The third-order valence-electron chi connectivity index (χ3n) is 3.10. The van der Waals surface area contributed by atoms with E-state index in [4.69, 9.17) is 4.74 Å². The molecule has 20 heavy (non-hydrogen) atoms. The third-order valence-corrected chi connectivity index (χ3v) is 3.10. The predicted octanol–water partition coefficient (Wildman–Crippen LogP) is 1.24. The molecule has 1 fully saturated rings. The Labute approximate surface area is 119 Å². The number of rotatable bonds is 6. The lowest BCUT2D eigenvalue weighted by Crippen LogP contribution is -2.37. The zero-order valence-electron chi connectivity index (χ0n) is 11.6. The lowest BCUT2D eigenvalue weighted by molar-refractivity contribution is -0.115. The average molecular weight is 275 g/mol. The molecule has 5 nitrogen and oxygen atoms in total. The number of nitrogens with zero attached hydrogens (tertiary/aromatic N) is 1. The van der Waals surface area contributed by atoms with Crippen molar-refractivity contribution >= 4 is 17.3 Å². The molecule has 2 rings (SSSR count). The topological polar surface area (TPSA) is 53.6 Å². The molecule has 0 spiro atoms. The van der Waals surface area contributed by atoms with E-state index in [1.165, 1.54) is 0 Å². The number of anilines is 2. The maximum Gasteiger partial charge on any atom is 0.238 e. The number of amides is 1. The van der Waals surface area contributed by atoms with Crippen molar-refractivity contribution in [3.63, 3.8) is 0 Å². The first-order valence-corrected chi connectivity index (χ1v) is 6.84. The van der Waals surface area contributed by atoms with Gasteiger partial charge in [0.15, 0.2) is 0 Å². The lowest BCUT2D eigenvalue weighted by Gasteiger charge is -2.30. The number of carbonyl (C=O) groups is 1. The minimum Gasteiger partial charge on any atom is -0.378 e. The molecule has 1 saturated heterocycles. The van der Waals surface area contributed by atoms with Gasteiger partial charge < -0.3 is 20.3 Å². The normalized spacial score (nSPS) is 14.9. The SMILES string of the molecule is C=CCNCC(=O)Nc1ccccc1N1CCOCC1. The zero-order chi connectivity index (χ0) is 14.2. The summed E-state index contributed by atoms with van der Waals surface area (Å²) in [5.41, 5.74) is 1.90. The quantitative estimate of drug-likeness (QED) is 0.606. The van der Waals surface area contributed by atoms with Crippen LogP contribution in [0.25, 0.3) is 0 Å². The molecule has 0 radical (unpaired) electrons. The Morgan fingerprint density at radius 2 is 2.10 bits per heavy atom. The number of para-hydroxylation sites is 2. The van der Waals surface area contributed by atoms with E-state index in [-0.39, 0.29) is 12.5 Å². The lowest BCUT2D eigenvalue weighted by atomic mass is 10.2. The number of benzene rings is 1. The molecule has 1 aromatic rings. The highest BCUT2D eigenvalue weighted by Crippen LogP contribution is 2.26. The van der Waals surface area contributed by atoms with E-state index in [2.05, 4.69) is 22.1 Å². The molecule has 1 amide bonds. The van der Waals surface area contributed by atoms with Gasteiger partial charge in [-0.3, -0.25) is 4.79 Å². The Morgan fingerprint density at radius 3 is 2.85 bits per heavy atom. The summed E-state index contributed by atoms with van der Waals surface area (Å²) < 4.78 is 5.36. The van der Waals surface area contributed by atoms with Gasteiger partial charge in [0.05, 0.1) is 31.1 Å². The van der Waals surface area contributed by atoms with Crippen molar-refractivity contribution in [2.75, 3.05) is 49.6 Å². The summed E-state index contributed by atoms with van der Waals surface area (Å²) in [4.78, 5) is 14.1. The van der Waals surface area contributed by atoms with E-state index in [1.54, 1.807) is 6.08 Å². The Bertz CT molecular complexity index is 456.